The van der Waals surface area contributed by atoms with Crippen LogP contribution < -0.4 is 15.4 Å². The van der Waals surface area contributed by atoms with Crippen molar-refractivity contribution < 1.29 is 27.5 Å². The number of piperidine rings is 1. The van der Waals surface area contributed by atoms with Gasteiger partial charge in [0.1, 0.15) is 12.4 Å². The van der Waals surface area contributed by atoms with Crippen molar-refractivity contribution in [3.8, 4) is 18.1 Å². The van der Waals surface area contributed by atoms with E-state index in [1.165, 1.54) is 0 Å². The lowest BCUT2D eigenvalue weighted by atomic mass is 9.89. The monoisotopic (exact) mass is 614 g/mol. The lowest BCUT2D eigenvalue weighted by molar-refractivity contribution is -0.138. The van der Waals surface area contributed by atoms with Crippen molar-refractivity contribution in [1.29, 1.82) is 0 Å². The lowest BCUT2D eigenvalue weighted by Crippen LogP contribution is -2.44. The summed E-state index contributed by atoms with van der Waals surface area (Å²) in [6.07, 6.45) is 5.26. The van der Waals surface area contributed by atoms with E-state index in [1.54, 1.807) is 30.1 Å². The van der Waals surface area contributed by atoms with Crippen LogP contribution in [-0.2, 0) is 17.4 Å². The summed E-state index contributed by atoms with van der Waals surface area (Å²) < 4.78 is 47.6. The second-order valence-electron chi connectivity index (χ2n) is 12.0. The molecule has 44 heavy (non-hydrogen) atoms. The summed E-state index contributed by atoms with van der Waals surface area (Å²) in [6.45, 7) is 5.42. The third-order valence-corrected chi connectivity index (χ3v) is 8.39. The van der Waals surface area contributed by atoms with Gasteiger partial charge in [0.05, 0.1) is 16.8 Å². The molecule has 2 heterocycles. The Kier molecular flexibility index (Phi) is 10.7. The minimum absolute atomic E-state index is 0.00448. The first-order valence-electron chi connectivity index (χ1n) is 15.0. The molecule has 2 fully saturated rings. The summed E-state index contributed by atoms with van der Waals surface area (Å²) in [7, 11) is 3.82. The molecule has 0 radical (unpaired) electrons. The van der Waals surface area contributed by atoms with E-state index < -0.39 is 11.7 Å². The van der Waals surface area contributed by atoms with Crippen molar-refractivity contribution >= 4 is 23.5 Å². The number of hydrogen-bond acceptors (Lipinski definition) is 7. The van der Waals surface area contributed by atoms with Crippen LogP contribution in [-0.4, -0.2) is 77.5 Å². The van der Waals surface area contributed by atoms with E-state index in [0.717, 1.165) is 38.5 Å². The number of rotatable bonds is 10. The fourth-order valence-electron chi connectivity index (χ4n) is 6.02. The van der Waals surface area contributed by atoms with E-state index in [1.807, 2.05) is 13.8 Å². The number of halogens is 3. The number of terminal acetylenes is 1. The van der Waals surface area contributed by atoms with Gasteiger partial charge in [-0.25, -0.2) is 9.97 Å². The van der Waals surface area contributed by atoms with E-state index in [9.17, 15) is 22.8 Å². The van der Waals surface area contributed by atoms with Crippen LogP contribution in [0.25, 0.3) is 0 Å². The van der Waals surface area contributed by atoms with Crippen LogP contribution in [0.1, 0.15) is 67.6 Å². The quantitative estimate of drug-likeness (QED) is 0.368. The normalized spacial score (nSPS) is 19.4. The molecule has 2 aromatic rings. The predicted octanol–water partition coefficient (Wildman–Crippen LogP) is 4.90. The molecule has 12 heteroatoms. The maximum Gasteiger partial charge on any atom is 0.419 e. The summed E-state index contributed by atoms with van der Waals surface area (Å²) >= 11 is 0. The zero-order valence-electron chi connectivity index (χ0n) is 25.7. The minimum atomic E-state index is -4.65. The van der Waals surface area contributed by atoms with Gasteiger partial charge in [0, 0.05) is 43.0 Å². The van der Waals surface area contributed by atoms with Crippen molar-refractivity contribution in [2.45, 2.75) is 70.6 Å². The molecule has 1 aromatic heterocycles. The maximum absolute atomic E-state index is 14.0. The highest BCUT2D eigenvalue weighted by molar-refractivity contribution is 5.97. The number of carbonyl (C=O) groups excluding carboxylic acids is 2. The van der Waals surface area contributed by atoms with Crippen LogP contribution in [0, 0.1) is 24.2 Å². The van der Waals surface area contributed by atoms with Crippen LogP contribution >= 0.6 is 0 Å². The molecule has 238 valence electrons. The number of nitrogens with zero attached hydrogens (tertiary/aromatic N) is 4. The molecule has 4 rings (SSSR count). The van der Waals surface area contributed by atoms with E-state index in [2.05, 4.69) is 38.5 Å². The molecule has 2 N–H and O–H groups in total. The molecular formula is C32H41F3N6O3. The largest absolute Gasteiger partial charge is 0.480 e. The predicted molar refractivity (Wildman–Crippen MR) is 162 cm³/mol. The first-order chi connectivity index (χ1) is 20.9. The van der Waals surface area contributed by atoms with Crippen molar-refractivity contribution in [3.05, 3.63) is 41.2 Å². The molecule has 1 aliphatic carbocycles. The average molecular weight is 615 g/mol. The Bertz CT molecular complexity index is 1370. The van der Waals surface area contributed by atoms with Gasteiger partial charge >= 0.3 is 6.18 Å². The Morgan fingerprint density at radius 3 is 2.59 bits per heavy atom. The van der Waals surface area contributed by atoms with Crippen molar-refractivity contribution in [3.63, 3.8) is 0 Å². The van der Waals surface area contributed by atoms with E-state index in [4.69, 9.17) is 11.2 Å². The molecule has 1 aliphatic heterocycles. The fourth-order valence-corrected chi connectivity index (χ4v) is 6.02. The number of anilines is 2. The molecule has 1 saturated carbocycles. The molecule has 1 saturated heterocycles. The van der Waals surface area contributed by atoms with Crippen LogP contribution in [0.3, 0.4) is 0 Å². The van der Waals surface area contributed by atoms with Gasteiger partial charge in [-0.1, -0.05) is 12.3 Å². The molecule has 0 bridgehead atoms. The van der Waals surface area contributed by atoms with Gasteiger partial charge in [-0.2, -0.15) is 13.2 Å². The topological polar surface area (TPSA) is 99.7 Å². The van der Waals surface area contributed by atoms with Gasteiger partial charge in [0.2, 0.25) is 11.9 Å². The average Bonchev–Trinajstić information content (AvgIpc) is 3.43. The molecule has 0 spiro atoms. The van der Waals surface area contributed by atoms with E-state index in [0.29, 0.717) is 24.1 Å². The summed E-state index contributed by atoms with van der Waals surface area (Å²) in [5.41, 5.74) is -0.349. The van der Waals surface area contributed by atoms with Gasteiger partial charge in [-0.05, 0) is 84.1 Å². The smallest absolute Gasteiger partial charge is 0.419 e. The van der Waals surface area contributed by atoms with Crippen LogP contribution in [0.2, 0.25) is 0 Å². The zero-order chi connectivity index (χ0) is 32.0. The Balaban J connectivity index is 1.57. The number of benzene rings is 1. The lowest BCUT2D eigenvalue weighted by Gasteiger charge is -2.35. The second kappa shape index (κ2) is 14.3. The molecule has 1 aromatic carbocycles. The van der Waals surface area contributed by atoms with E-state index >= 15 is 0 Å². The molecule has 2 aliphatic rings. The summed E-state index contributed by atoms with van der Waals surface area (Å²) in [5, 5.41) is 5.85. The van der Waals surface area contributed by atoms with Gasteiger partial charge in [-0.15, -0.1) is 6.42 Å². The third-order valence-electron chi connectivity index (χ3n) is 8.39. The first-order valence-corrected chi connectivity index (χ1v) is 15.0. The molecule has 0 unspecified atom stereocenters. The Morgan fingerprint density at radius 2 is 1.93 bits per heavy atom. The Morgan fingerprint density at radius 1 is 1.20 bits per heavy atom. The Hall–Kier alpha value is -3.85. The maximum atomic E-state index is 14.0. The van der Waals surface area contributed by atoms with Crippen LogP contribution in [0.5, 0.6) is 5.75 Å². The molecule has 9 nitrogen and oxygen atoms in total. The summed E-state index contributed by atoms with van der Waals surface area (Å²) in [4.78, 5) is 38.4. The van der Waals surface area contributed by atoms with Crippen LogP contribution in [0.15, 0.2) is 24.4 Å². The van der Waals surface area contributed by atoms with Crippen molar-refractivity contribution in [2.24, 2.45) is 11.8 Å². The second-order valence-corrected chi connectivity index (χ2v) is 12.0. The van der Waals surface area contributed by atoms with Gasteiger partial charge in [0.25, 0.3) is 5.91 Å². The number of carbonyl (C=O) groups is 2. The number of likely N-dealkylation sites (tertiary alicyclic amines) is 1. The number of amides is 2. The Labute approximate surface area is 256 Å². The molecule has 2 amide bonds. The number of aromatic nitrogens is 2. The highest BCUT2D eigenvalue weighted by Gasteiger charge is 2.39. The molecule has 2 atom stereocenters. The number of hydrogen-bond donors (Lipinski definition) is 2. The van der Waals surface area contributed by atoms with Crippen LogP contribution in [0.4, 0.5) is 24.8 Å². The van der Waals surface area contributed by atoms with Gasteiger partial charge in [0.15, 0.2) is 0 Å². The SMILES string of the molecule is C#CCOc1cc(Nc2ncc(C(F)(F)F)c(C[C@@H]3CCC[C@@H]3C(=O)NC(C)C)n2)ccc1C(=O)N(C)C1CCN(C)CC1. The van der Waals surface area contributed by atoms with E-state index in [-0.39, 0.29) is 66.2 Å². The standard InChI is InChI=1S/C32H41F3N6O3/c1-6-16-44-28-18-22(10-11-25(28)30(43)41(5)23-12-14-40(4)15-13-23)38-31-36-19-26(32(33,34)35)27(39-31)17-21-8-7-9-24(21)29(42)37-20(2)3/h1,10-11,18-21,23-24H,7-9,12-17H2,2-5H3,(H,37,42)(H,36,38,39)/t21-,24-/m0/s1. The highest BCUT2D eigenvalue weighted by Crippen LogP contribution is 2.38. The number of alkyl halides is 3. The summed E-state index contributed by atoms with van der Waals surface area (Å²) in [5.74, 6) is 1.61. The highest BCUT2D eigenvalue weighted by atomic mass is 19.4. The first kappa shape index (κ1) is 33.1. The third kappa shape index (κ3) is 8.20. The van der Waals surface area contributed by atoms with Crippen molar-refractivity contribution in [2.75, 3.05) is 39.1 Å². The number of nitrogens with one attached hydrogen (secondary N) is 2. The summed E-state index contributed by atoms with van der Waals surface area (Å²) in [6, 6.07) is 4.82. The van der Waals surface area contributed by atoms with Gasteiger partial charge in [-0.3, -0.25) is 9.59 Å². The fraction of sp³-hybridized carbons (Fsp3) is 0.562. The minimum Gasteiger partial charge on any atom is -0.480 e. The zero-order valence-corrected chi connectivity index (χ0v) is 25.7. The number of ether oxygens (including phenoxy) is 1. The van der Waals surface area contributed by atoms with Crippen molar-refractivity contribution in [1.82, 2.24) is 25.1 Å². The molecular weight excluding hydrogens is 573 g/mol. The van der Waals surface area contributed by atoms with Gasteiger partial charge < -0.3 is 25.2 Å².